The summed E-state index contributed by atoms with van der Waals surface area (Å²) < 4.78 is 0. The van der Waals surface area contributed by atoms with Gasteiger partial charge in [0.25, 0.3) is 0 Å². The van der Waals surface area contributed by atoms with E-state index in [0.29, 0.717) is 10.0 Å². The molecule has 2 amide bonds. The van der Waals surface area contributed by atoms with Crippen LogP contribution in [-0.4, -0.2) is 28.7 Å². The predicted octanol–water partition coefficient (Wildman–Crippen LogP) is 4.38. The number of aromatic hydroxyl groups is 2. The number of hydrazone groups is 2. The Labute approximate surface area is 167 Å². The van der Waals surface area contributed by atoms with E-state index in [2.05, 4.69) is 21.1 Å². The Morgan fingerprint density at radius 1 is 0.808 bits per heavy atom. The molecule has 0 saturated heterocycles. The number of rotatable bonds is 4. The predicted molar refractivity (Wildman–Crippen MR) is 103 cm³/mol. The van der Waals surface area contributed by atoms with Crippen LogP contribution < -0.4 is 10.9 Å². The summed E-state index contributed by atoms with van der Waals surface area (Å²) in [6.45, 7) is 0. The van der Waals surface area contributed by atoms with Gasteiger partial charge >= 0.3 is 6.03 Å². The van der Waals surface area contributed by atoms with Gasteiger partial charge in [0, 0.05) is 21.2 Å². The van der Waals surface area contributed by atoms with Crippen LogP contribution in [0.3, 0.4) is 0 Å². The van der Waals surface area contributed by atoms with Gasteiger partial charge in [-0.1, -0.05) is 46.4 Å². The summed E-state index contributed by atoms with van der Waals surface area (Å²) in [4.78, 5) is 11.6. The van der Waals surface area contributed by atoms with E-state index in [9.17, 15) is 15.0 Å². The molecule has 2 aromatic rings. The largest absolute Gasteiger partial charge is 0.506 e. The molecule has 0 bridgehead atoms. The molecule has 4 N–H and O–H groups in total. The molecule has 0 atom stereocenters. The molecule has 0 saturated carbocycles. The molecular weight excluding hydrogens is 426 g/mol. The van der Waals surface area contributed by atoms with E-state index < -0.39 is 6.03 Å². The van der Waals surface area contributed by atoms with Gasteiger partial charge in [-0.25, -0.2) is 15.6 Å². The van der Waals surface area contributed by atoms with Crippen LogP contribution in [-0.2, 0) is 0 Å². The van der Waals surface area contributed by atoms with Gasteiger partial charge in [-0.15, -0.1) is 0 Å². The fourth-order valence-corrected chi connectivity index (χ4v) is 2.73. The summed E-state index contributed by atoms with van der Waals surface area (Å²) in [5, 5.41) is 27.4. The fourth-order valence-electron chi connectivity index (χ4n) is 1.71. The molecule has 2 aromatic carbocycles. The molecule has 0 heterocycles. The highest BCUT2D eigenvalue weighted by Crippen LogP contribution is 2.30. The molecule has 0 spiro atoms. The van der Waals surface area contributed by atoms with Crippen molar-refractivity contribution in [2.24, 2.45) is 10.2 Å². The van der Waals surface area contributed by atoms with E-state index in [-0.39, 0.29) is 32.7 Å². The number of carbonyl (C=O) groups is 1. The lowest BCUT2D eigenvalue weighted by atomic mass is 10.2. The second-order valence-electron chi connectivity index (χ2n) is 4.72. The molecule has 7 nitrogen and oxygen atoms in total. The van der Waals surface area contributed by atoms with E-state index in [0.717, 1.165) is 12.4 Å². The number of hydrogen-bond donors (Lipinski definition) is 4. The number of phenols is 2. The Hall–Kier alpha value is -2.19. The van der Waals surface area contributed by atoms with Gasteiger partial charge in [-0.2, -0.15) is 10.2 Å². The first-order valence-electron chi connectivity index (χ1n) is 6.76. The third-order valence-electron chi connectivity index (χ3n) is 2.85. The van der Waals surface area contributed by atoms with E-state index in [4.69, 9.17) is 46.4 Å². The van der Waals surface area contributed by atoms with Gasteiger partial charge in [-0.3, -0.25) is 0 Å². The maximum absolute atomic E-state index is 11.6. The topological polar surface area (TPSA) is 106 Å². The number of amides is 2. The Morgan fingerprint density at radius 2 is 1.19 bits per heavy atom. The van der Waals surface area contributed by atoms with Crippen molar-refractivity contribution in [2.75, 3.05) is 0 Å². The highest BCUT2D eigenvalue weighted by molar-refractivity contribution is 6.36. The molecule has 0 aliphatic heterocycles. The van der Waals surface area contributed by atoms with Gasteiger partial charge in [-0.05, 0) is 24.3 Å². The number of phenolic OH excluding ortho intramolecular Hbond substituents is 2. The van der Waals surface area contributed by atoms with Crippen molar-refractivity contribution in [3.05, 3.63) is 55.5 Å². The van der Waals surface area contributed by atoms with Gasteiger partial charge in [0.2, 0.25) is 0 Å². The summed E-state index contributed by atoms with van der Waals surface area (Å²) in [5.41, 5.74) is 4.65. The van der Waals surface area contributed by atoms with Gasteiger partial charge in [0.05, 0.1) is 22.5 Å². The monoisotopic (exact) mass is 434 g/mol. The van der Waals surface area contributed by atoms with Crippen LogP contribution in [0.4, 0.5) is 4.79 Å². The highest BCUT2D eigenvalue weighted by Gasteiger charge is 2.07. The van der Waals surface area contributed by atoms with Crippen LogP contribution in [0.25, 0.3) is 0 Å². The zero-order chi connectivity index (χ0) is 19.3. The van der Waals surface area contributed by atoms with E-state index in [1.54, 1.807) is 0 Å². The SMILES string of the molecule is O=C(N/N=C\c1cc(Cl)cc(Cl)c1O)N/N=C\c1cc(Cl)cc(Cl)c1O. The van der Waals surface area contributed by atoms with Crippen molar-refractivity contribution in [3.8, 4) is 11.5 Å². The lowest BCUT2D eigenvalue weighted by molar-refractivity contribution is 0.242. The first-order valence-corrected chi connectivity index (χ1v) is 8.27. The molecule has 136 valence electrons. The number of hydrogen-bond acceptors (Lipinski definition) is 5. The minimum absolute atomic E-state index is 0.0491. The van der Waals surface area contributed by atoms with Crippen LogP contribution in [0.1, 0.15) is 11.1 Å². The number of carbonyl (C=O) groups excluding carboxylic acids is 1. The maximum atomic E-state index is 11.6. The summed E-state index contributed by atoms with van der Waals surface area (Å²) >= 11 is 23.2. The average molecular weight is 436 g/mol. The normalized spacial score (nSPS) is 11.2. The van der Waals surface area contributed by atoms with Gasteiger partial charge < -0.3 is 10.2 Å². The second-order valence-corrected chi connectivity index (χ2v) is 6.41. The van der Waals surface area contributed by atoms with Crippen molar-refractivity contribution < 1.29 is 15.0 Å². The van der Waals surface area contributed by atoms with Crippen molar-refractivity contribution in [1.82, 2.24) is 10.9 Å². The summed E-state index contributed by atoms with van der Waals surface area (Å²) in [5.74, 6) is -0.457. The fraction of sp³-hybridized carbons (Fsp3) is 0. The van der Waals surface area contributed by atoms with Crippen LogP contribution in [0.2, 0.25) is 20.1 Å². The zero-order valence-corrected chi connectivity index (χ0v) is 15.7. The number of nitrogens with one attached hydrogen (secondary N) is 2. The molecule has 2 rings (SSSR count). The maximum Gasteiger partial charge on any atom is 0.355 e. The third-order valence-corrected chi connectivity index (χ3v) is 3.87. The average Bonchev–Trinajstić information content (AvgIpc) is 2.56. The Balaban J connectivity index is 1.96. The highest BCUT2D eigenvalue weighted by atomic mass is 35.5. The molecule has 0 aliphatic rings. The molecule has 0 radical (unpaired) electrons. The Bertz CT molecular complexity index is 831. The van der Waals surface area contributed by atoms with Crippen molar-refractivity contribution in [1.29, 1.82) is 0 Å². The Morgan fingerprint density at radius 3 is 1.58 bits per heavy atom. The first kappa shape index (κ1) is 20.1. The molecule has 11 heteroatoms. The lowest BCUT2D eigenvalue weighted by Gasteiger charge is -2.03. The third kappa shape index (κ3) is 5.40. The quantitative estimate of drug-likeness (QED) is 0.422. The Kier molecular flexibility index (Phi) is 6.93. The first-order chi connectivity index (χ1) is 12.3. The molecule has 0 unspecified atom stereocenters. The van der Waals surface area contributed by atoms with Crippen molar-refractivity contribution in [3.63, 3.8) is 0 Å². The standard InChI is InChI=1S/C15H10Cl4N4O3/c16-9-1-7(13(24)11(18)3-9)5-20-22-15(26)23-21-6-8-2-10(17)4-12(19)14(8)25/h1-6,24-25H,(H2,22,23,26)/b20-5-,21-6-. The second kappa shape index (κ2) is 8.95. The molecule has 0 aliphatic carbocycles. The number of halogens is 4. The van der Waals surface area contributed by atoms with E-state index in [1.165, 1.54) is 24.3 Å². The zero-order valence-electron chi connectivity index (χ0n) is 12.7. The van der Waals surface area contributed by atoms with Crippen molar-refractivity contribution >= 4 is 64.9 Å². The van der Waals surface area contributed by atoms with Crippen molar-refractivity contribution in [2.45, 2.75) is 0 Å². The van der Waals surface area contributed by atoms with Crippen LogP contribution in [0.15, 0.2) is 34.5 Å². The molecular formula is C15H10Cl4N4O3. The van der Waals surface area contributed by atoms with Crippen LogP contribution >= 0.6 is 46.4 Å². The number of nitrogens with zero attached hydrogens (tertiary/aromatic N) is 2. The van der Waals surface area contributed by atoms with Crippen LogP contribution in [0, 0.1) is 0 Å². The van der Waals surface area contributed by atoms with E-state index in [1.807, 2.05) is 0 Å². The minimum Gasteiger partial charge on any atom is -0.506 e. The summed E-state index contributed by atoms with van der Waals surface area (Å²) in [7, 11) is 0. The minimum atomic E-state index is -0.780. The van der Waals surface area contributed by atoms with E-state index >= 15 is 0 Å². The number of benzene rings is 2. The lowest BCUT2D eigenvalue weighted by Crippen LogP contribution is -2.28. The molecule has 0 fully saturated rings. The summed E-state index contributed by atoms with van der Waals surface area (Å²) in [6, 6.07) is 4.77. The smallest absolute Gasteiger partial charge is 0.355 e. The molecule has 26 heavy (non-hydrogen) atoms. The van der Waals surface area contributed by atoms with Gasteiger partial charge in [0.1, 0.15) is 11.5 Å². The number of urea groups is 1. The summed E-state index contributed by atoms with van der Waals surface area (Å²) in [6.07, 6.45) is 2.30. The van der Waals surface area contributed by atoms with Gasteiger partial charge in [0.15, 0.2) is 0 Å². The molecule has 0 aromatic heterocycles. The van der Waals surface area contributed by atoms with Crippen LogP contribution in [0.5, 0.6) is 11.5 Å².